The molecule has 0 amide bonds. The predicted octanol–water partition coefficient (Wildman–Crippen LogP) is 0.922. The molecule has 0 radical (unpaired) electrons. The second kappa shape index (κ2) is 5.12. The third-order valence-corrected chi connectivity index (χ3v) is 3.01. The number of rotatable bonds is 3. The van der Waals surface area contributed by atoms with E-state index in [4.69, 9.17) is 10.5 Å². The molecule has 0 spiro atoms. The van der Waals surface area contributed by atoms with Crippen LogP contribution in [0.4, 0.5) is 11.6 Å². The number of anilines is 2. The van der Waals surface area contributed by atoms with Crippen LogP contribution < -0.4 is 10.6 Å². The molecule has 0 aromatic carbocycles. The molecule has 0 saturated carbocycles. The van der Waals surface area contributed by atoms with Gasteiger partial charge in [-0.3, -0.25) is 0 Å². The molecule has 1 aliphatic heterocycles. The molecule has 2 N–H and O–H groups in total. The Hall–Kier alpha value is -1.36. The first-order chi connectivity index (χ1) is 7.79. The minimum atomic E-state index is 0.470. The molecule has 16 heavy (non-hydrogen) atoms. The van der Waals surface area contributed by atoms with Crippen molar-refractivity contribution in [3.8, 4) is 0 Å². The Morgan fingerprint density at radius 1 is 1.38 bits per heavy atom. The highest BCUT2D eigenvalue weighted by atomic mass is 16.5. The van der Waals surface area contributed by atoms with E-state index in [9.17, 15) is 0 Å². The van der Waals surface area contributed by atoms with E-state index >= 15 is 0 Å². The Balaban J connectivity index is 1.91. The zero-order valence-corrected chi connectivity index (χ0v) is 9.59. The summed E-state index contributed by atoms with van der Waals surface area (Å²) in [6.07, 6.45) is 2.31. The lowest BCUT2D eigenvalue weighted by molar-refractivity contribution is 0.139. The van der Waals surface area contributed by atoms with Crippen LogP contribution in [-0.2, 0) is 4.74 Å². The van der Waals surface area contributed by atoms with Gasteiger partial charge in [0.15, 0.2) is 5.82 Å². The van der Waals surface area contributed by atoms with Crippen LogP contribution in [-0.4, -0.2) is 37.0 Å². The lowest BCUT2D eigenvalue weighted by Crippen LogP contribution is -2.35. The summed E-state index contributed by atoms with van der Waals surface area (Å²) in [4.78, 5) is 2.25. The Morgan fingerprint density at radius 3 is 2.69 bits per heavy atom. The summed E-state index contributed by atoms with van der Waals surface area (Å²) in [5.74, 6) is 2.08. The average Bonchev–Trinajstić information content (AvgIpc) is 2.32. The van der Waals surface area contributed by atoms with Crippen molar-refractivity contribution >= 4 is 11.6 Å². The van der Waals surface area contributed by atoms with Crippen molar-refractivity contribution < 1.29 is 4.74 Å². The quantitative estimate of drug-likeness (QED) is 0.824. The number of piperidine rings is 1. The molecule has 2 heterocycles. The Kier molecular flexibility index (Phi) is 3.56. The number of ether oxygens (including phenoxy) is 1. The van der Waals surface area contributed by atoms with Gasteiger partial charge < -0.3 is 15.4 Å². The first kappa shape index (κ1) is 11.1. The number of methoxy groups -OCH3 is 1. The van der Waals surface area contributed by atoms with Crippen LogP contribution in [0.5, 0.6) is 0 Å². The second-order valence-electron chi connectivity index (χ2n) is 4.20. The molecule has 1 fully saturated rings. The van der Waals surface area contributed by atoms with Gasteiger partial charge in [-0.05, 0) is 30.9 Å². The number of hydrogen-bond donors (Lipinski definition) is 1. The summed E-state index contributed by atoms with van der Waals surface area (Å²) in [5.41, 5.74) is 5.51. The maximum Gasteiger partial charge on any atom is 0.151 e. The summed E-state index contributed by atoms with van der Waals surface area (Å²) in [6.45, 7) is 2.90. The van der Waals surface area contributed by atoms with Crippen LogP contribution in [0.1, 0.15) is 12.8 Å². The second-order valence-corrected chi connectivity index (χ2v) is 4.20. The van der Waals surface area contributed by atoms with Gasteiger partial charge in [-0.2, -0.15) is 0 Å². The van der Waals surface area contributed by atoms with Crippen LogP contribution in [0, 0.1) is 5.92 Å². The van der Waals surface area contributed by atoms with Crippen molar-refractivity contribution in [1.82, 2.24) is 10.2 Å². The first-order valence-electron chi connectivity index (χ1n) is 5.62. The number of nitrogen functional groups attached to an aromatic ring is 1. The minimum absolute atomic E-state index is 0.470. The summed E-state index contributed by atoms with van der Waals surface area (Å²) in [7, 11) is 1.76. The molecule has 0 unspecified atom stereocenters. The van der Waals surface area contributed by atoms with Crippen molar-refractivity contribution in [2.24, 2.45) is 5.92 Å². The molecule has 0 aliphatic carbocycles. The van der Waals surface area contributed by atoms with E-state index in [2.05, 4.69) is 15.1 Å². The zero-order chi connectivity index (χ0) is 11.4. The highest BCUT2D eigenvalue weighted by Gasteiger charge is 2.19. The van der Waals surface area contributed by atoms with Crippen LogP contribution in [0.15, 0.2) is 12.1 Å². The van der Waals surface area contributed by atoms with Gasteiger partial charge in [-0.25, -0.2) is 0 Å². The third kappa shape index (κ3) is 2.61. The van der Waals surface area contributed by atoms with Gasteiger partial charge in [0.1, 0.15) is 5.82 Å². The van der Waals surface area contributed by atoms with E-state index in [1.54, 1.807) is 13.2 Å². The van der Waals surface area contributed by atoms with Gasteiger partial charge in [-0.1, -0.05) is 0 Å². The van der Waals surface area contributed by atoms with Crippen LogP contribution in [0.3, 0.4) is 0 Å². The largest absolute Gasteiger partial charge is 0.384 e. The molecular weight excluding hydrogens is 204 g/mol. The van der Waals surface area contributed by atoms with Crippen LogP contribution in [0.25, 0.3) is 0 Å². The van der Waals surface area contributed by atoms with E-state index in [1.807, 2.05) is 6.07 Å². The van der Waals surface area contributed by atoms with Crippen molar-refractivity contribution in [3.05, 3.63) is 12.1 Å². The predicted molar refractivity (Wildman–Crippen MR) is 63.3 cm³/mol. The van der Waals surface area contributed by atoms with Gasteiger partial charge in [0.05, 0.1) is 0 Å². The fourth-order valence-electron chi connectivity index (χ4n) is 2.07. The number of aromatic nitrogens is 2. The highest BCUT2D eigenvalue weighted by molar-refractivity contribution is 5.41. The standard InChI is InChI=1S/C11H18N4O/c1-16-8-9-4-6-15(7-5-9)11-3-2-10(12)13-14-11/h2-3,9H,4-8H2,1H3,(H2,12,13). The molecular formula is C11H18N4O. The Labute approximate surface area is 95.6 Å². The maximum absolute atomic E-state index is 5.51. The molecule has 2 rings (SSSR count). The molecule has 0 bridgehead atoms. The fraction of sp³-hybridized carbons (Fsp3) is 0.636. The molecule has 88 valence electrons. The smallest absolute Gasteiger partial charge is 0.151 e. The summed E-state index contributed by atoms with van der Waals surface area (Å²) < 4.78 is 5.17. The molecule has 1 aromatic rings. The third-order valence-electron chi connectivity index (χ3n) is 3.01. The lowest BCUT2D eigenvalue weighted by atomic mass is 9.98. The van der Waals surface area contributed by atoms with Crippen molar-refractivity contribution in [2.75, 3.05) is 37.4 Å². The number of nitrogens with two attached hydrogens (primary N) is 1. The highest BCUT2D eigenvalue weighted by Crippen LogP contribution is 2.21. The SMILES string of the molecule is COCC1CCN(c2ccc(N)nn2)CC1. The molecule has 0 atom stereocenters. The van der Waals surface area contributed by atoms with Crippen molar-refractivity contribution in [2.45, 2.75) is 12.8 Å². The topological polar surface area (TPSA) is 64.3 Å². The fourth-order valence-corrected chi connectivity index (χ4v) is 2.07. The van der Waals surface area contributed by atoms with Crippen LogP contribution >= 0.6 is 0 Å². The summed E-state index contributed by atoms with van der Waals surface area (Å²) >= 11 is 0. The van der Waals surface area contributed by atoms with E-state index in [0.717, 1.165) is 38.4 Å². The van der Waals surface area contributed by atoms with E-state index in [-0.39, 0.29) is 0 Å². The van der Waals surface area contributed by atoms with Gasteiger partial charge in [0.2, 0.25) is 0 Å². The normalized spacial score (nSPS) is 17.7. The average molecular weight is 222 g/mol. The Morgan fingerprint density at radius 2 is 2.12 bits per heavy atom. The van der Waals surface area contributed by atoms with E-state index in [1.165, 1.54) is 0 Å². The first-order valence-corrected chi connectivity index (χ1v) is 5.62. The molecule has 5 nitrogen and oxygen atoms in total. The molecule has 1 saturated heterocycles. The van der Waals surface area contributed by atoms with Crippen molar-refractivity contribution in [1.29, 1.82) is 0 Å². The van der Waals surface area contributed by atoms with Gasteiger partial charge >= 0.3 is 0 Å². The van der Waals surface area contributed by atoms with Gasteiger partial charge in [0, 0.05) is 26.8 Å². The molecule has 5 heteroatoms. The Bertz CT molecular complexity index is 319. The zero-order valence-electron chi connectivity index (χ0n) is 9.59. The van der Waals surface area contributed by atoms with E-state index < -0.39 is 0 Å². The summed E-state index contributed by atoms with van der Waals surface area (Å²) in [5, 5.41) is 7.96. The van der Waals surface area contributed by atoms with Gasteiger partial charge in [-0.15, -0.1) is 10.2 Å². The number of nitrogens with zero attached hydrogens (tertiary/aromatic N) is 3. The molecule has 1 aliphatic rings. The van der Waals surface area contributed by atoms with Crippen LogP contribution in [0.2, 0.25) is 0 Å². The summed E-state index contributed by atoms with van der Waals surface area (Å²) in [6, 6.07) is 3.72. The minimum Gasteiger partial charge on any atom is -0.384 e. The van der Waals surface area contributed by atoms with Crippen molar-refractivity contribution in [3.63, 3.8) is 0 Å². The monoisotopic (exact) mass is 222 g/mol. The number of hydrogen-bond acceptors (Lipinski definition) is 5. The molecule has 1 aromatic heterocycles. The lowest BCUT2D eigenvalue weighted by Gasteiger charge is -2.32. The van der Waals surface area contributed by atoms with Gasteiger partial charge in [0.25, 0.3) is 0 Å². The maximum atomic E-state index is 5.51. The van der Waals surface area contributed by atoms with E-state index in [0.29, 0.717) is 11.7 Å².